The first-order valence-corrected chi connectivity index (χ1v) is 7.34. The number of rotatable bonds is 5. The Morgan fingerprint density at radius 3 is 2.95 bits per heavy atom. The van der Waals surface area contributed by atoms with Gasteiger partial charge in [-0.25, -0.2) is 4.98 Å². The van der Waals surface area contributed by atoms with E-state index in [4.69, 9.17) is 4.74 Å². The van der Waals surface area contributed by atoms with E-state index in [0.717, 1.165) is 12.4 Å². The summed E-state index contributed by atoms with van der Waals surface area (Å²) < 4.78 is 5.56. The van der Waals surface area contributed by atoms with Gasteiger partial charge in [-0.3, -0.25) is 0 Å². The third kappa shape index (κ3) is 3.48. The Morgan fingerprint density at radius 1 is 1.55 bits per heavy atom. The molecule has 3 atom stereocenters. The molecule has 5 heteroatoms. The van der Waals surface area contributed by atoms with Gasteiger partial charge in [0.1, 0.15) is 5.82 Å². The summed E-state index contributed by atoms with van der Waals surface area (Å²) in [5.41, 5.74) is 1.19. The second-order valence-corrected chi connectivity index (χ2v) is 5.37. The van der Waals surface area contributed by atoms with Gasteiger partial charge in [0, 0.05) is 18.8 Å². The van der Waals surface area contributed by atoms with Gasteiger partial charge in [-0.15, -0.1) is 0 Å². The molecule has 0 aliphatic carbocycles. The number of anilines is 1. The van der Waals surface area contributed by atoms with Crippen LogP contribution in [0.3, 0.4) is 0 Å². The standard InChI is InChI=1S/C15H25N3O2/c1-4-16-12(3)13-5-6-15(17-7-13)18-8-14(9-19)20-10-11(18)2/h5-7,11-12,14,16,19H,4,8-10H2,1-3H3. The molecule has 0 amide bonds. The number of aliphatic hydroxyl groups excluding tert-OH is 1. The molecule has 1 aromatic heterocycles. The van der Waals surface area contributed by atoms with Crippen molar-refractivity contribution in [1.82, 2.24) is 10.3 Å². The highest BCUT2D eigenvalue weighted by atomic mass is 16.5. The average molecular weight is 279 g/mol. The van der Waals surface area contributed by atoms with Crippen molar-refractivity contribution < 1.29 is 9.84 Å². The molecule has 0 spiro atoms. The molecule has 5 nitrogen and oxygen atoms in total. The van der Waals surface area contributed by atoms with Crippen molar-refractivity contribution in [3.63, 3.8) is 0 Å². The average Bonchev–Trinajstić information content (AvgIpc) is 2.48. The Balaban J connectivity index is 2.08. The second kappa shape index (κ2) is 7.02. The molecule has 112 valence electrons. The van der Waals surface area contributed by atoms with Gasteiger partial charge in [-0.2, -0.15) is 0 Å². The third-order valence-electron chi connectivity index (χ3n) is 3.78. The minimum Gasteiger partial charge on any atom is -0.394 e. The minimum atomic E-state index is -0.117. The summed E-state index contributed by atoms with van der Waals surface area (Å²) in [5.74, 6) is 0.951. The number of hydrogen-bond donors (Lipinski definition) is 2. The molecule has 0 aromatic carbocycles. The molecule has 1 saturated heterocycles. The summed E-state index contributed by atoms with van der Waals surface area (Å²) in [6, 6.07) is 4.77. The third-order valence-corrected chi connectivity index (χ3v) is 3.78. The van der Waals surface area contributed by atoms with Gasteiger partial charge in [-0.05, 0) is 32.0 Å². The van der Waals surface area contributed by atoms with Crippen molar-refractivity contribution in [2.75, 3.05) is 31.2 Å². The van der Waals surface area contributed by atoms with Crippen LogP contribution in [0.25, 0.3) is 0 Å². The fraction of sp³-hybridized carbons (Fsp3) is 0.667. The highest BCUT2D eigenvalue weighted by Gasteiger charge is 2.26. The van der Waals surface area contributed by atoms with Crippen molar-refractivity contribution in [3.8, 4) is 0 Å². The SMILES string of the molecule is CCNC(C)c1ccc(N2CC(CO)OCC2C)nc1. The van der Waals surface area contributed by atoms with Crippen LogP contribution in [-0.2, 0) is 4.74 Å². The molecule has 2 rings (SSSR count). The van der Waals surface area contributed by atoms with Crippen molar-refractivity contribution in [2.45, 2.75) is 39.0 Å². The number of nitrogens with one attached hydrogen (secondary N) is 1. The molecule has 1 aliphatic rings. The van der Waals surface area contributed by atoms with Gasteiger partial charge in [0.05, 0.1) is 25.4 Å². The van der Waals surface area contributed by atoms with Crippen molar-refractivity contribution in [2.24, 2.45) is 0 Å². The van der Waals surface area contributed by atoms with Crippen LogP contribution in [0.4, 0.5) is 5.82 Å². The summed E-state index contributed by atoms with van der Waals surface area (Å²) in [6.07, 6.45) is 1.81. The fourth-order valence-corrected chi connectivity index (χ4v) is 2.49. The van der Waals surface area contributed by atoms with Crippen LogP contribution in [0.15, 0.2) is 18.3 Å². The Labute approximate surface area is 121 Å². The maximum atomic E-state index is 9.24. The van der Waals surface area contributed by atoms with Crippen LogP contribution in [0, 0.1) is 0 Å². The molecular formula is C15H25N3O2. The lowest BCUT2D eigenvalue weighted by Crippen LogP contribution is -2.49. The van der Waals surface area contributed by atoms with Gasteiger partial charge >= 0.3 is 0 Å². The van der Waals surface area contributed by atoms with Crippen LogP contribution in [0.2, 0.25) is 0 Å². The number of aromatic nitrogens is 1. The molecule has 2 heterocycles. The van der Waals surface area contributed by atoms with Gasteiger partial charge in [-0.1, -0.05) is 13.0 Å². The topological polar surface area (TPSA) is 57.6 Å². The van der Waals surface area contributed by atoms with Gasteiger partial charge in [0.15, 0.2) is 0 Å². The molecule has 2 N–H and O–H groups in total. The predicted molar refractivity (Wildman–Crippen MR) is 80.0 cm³/mol. The molecule has 20 heavy (non-hydrogen) atoms. The number of morpholine rings is 1. The number of pyridine rings is 1. The van der Waals surface area contributed by atoms with E-state index in [1.54, 1.807) is 0 Å². The van der Waals surface area contributed by atoms with Gasteiger partial charge in [0.25, 0.3) is 0 Å². The first-order chi connectivity index (χ1) is 9.65. The lowest BCUT2D eigenvalue weighted by Gasteiger charge is -2.38. The molecular weight excluding hydrogens is 254 g/mol. The lowest BCUT2D eigenvalue weighted by molar-refractivity contribution is -0.0105. The molecule has 3 unspecified atom stereocenters. The van der Waals surface area contributed by atoms with E-state index in [2.05, 4.69) is 48.1 Å². The molecule has 1 aromatic rings. The number of hydrogen-bond acceptors (Lipinski definition) is 5. The second-order valence-electron chi connectivity index (χ2n) is 5.37. The van der Waals surface area contributed by atoms with Crippen molar-refractivity contribution >= 4 is 5.82 Å². The monoisotopic (exact) mass is 279 g/mol. The zero-order valence-electron chi connectivity index (χ0n) is 12.5. The first-order valence-electron chi connectivity index (χ1n) is 7.34. The molecule has 1 aliphatic heterocycles. The highest BCUT2D eigenvalue weighted by molar-refractivity contribution is 5.41. The van der Waals surface area contributed by atoms with Crippen LogP contribution in [0.1, 0.15) is 32.4 Å². The van der Waals surface area contributed by atoms with E-state index in [0.29, 0.717) is 19.2 Å². The molecule has 1 fully saturated rings. The number of nitrogens with zero attached hydrogens (tertiary/aromatic N) is 2. The lowest BCUT2D eigenvalue weighted by atomic mass is 10.1. The molecule has 0 radical (unpaired) electrons. The summed E-state index contributed by atoms with van der Waals surface area (Å²) in [7, 11) is 0. The van der Waals surface area contributed by atoms with Crippen LogP contribution < -0.4 is 10.2 Å². The quantitative estimate of drug-likeness (QED) is 0.852. The summed E-state index contributed by atoms with van der Waals surface area (Å²) >= 11 is 0. The van der Waals surface area contributed by atoms with Crippen molar-refractivity contribution in [1.29, 1.82) is 0 Å². The van der Waals surface area contributed by atoms with E-state index in [1.165, 1.54) is 5.56 Å². The maximum absolute atomic E-state index is 9.24. The first kappa shape index (κ1) is 15.2. The van der Waals surface area contributed by atoms with Gasteiger partial charge in [0.2, 0.25) is 0 Å². The summed E-state index contributed by atoms with van der Waals surface area (Å²) in [5, 5.41) is 12.6. The van der Waals surface area contributed by atoms with E-state index < -0.39 is 0 Å². The predicted octanol–water partition coefficient (Wildman–Crippen LogP) is 1.34. The number of aliphatic hydroxyl groups is 1. The Morgan fingerprint density at radius 2 is 2.35 bits per heavy atom. The smallest absolute Gasteiger partial charge is 0.128 e. The highest BCUT2D eigenvalue weighted by Crippen LogP contribution is 2.21. The summed E-state index contributed by atoms with van der Waals surface area (Å²) in [6.45, 7) is 8.67. The zero-order chi connectivity index (χ0) is 14.5. The molecule has 0 saturated carbocycles. The Hall–Kier alpha value is -1.17. The summed E-state index contributed by atoms with van der Waals surface area (Å²) in [4.78, 5) is 6.77. The van der Waals surface area contributed by atoms with Crippen LogP contribution in [-0.4, -0.2) is 48.5 Å². The minimum absolute atomic E-state index is 0.0543. The van der Waals surface area contributed by atoms with E-state index in [9.17, 15) is 5.11 Å². The Kier molecular flexibility index (Phi) is 5.34. The molecule has 0 bridgehead atoms. The normalized spacial score (nSPS) is 24.7. The fourth-order valence-electron chi connectivity index (χ4n) is 2.49. The zero-order valence-corrected chi connectivity index (χ0v) is 12.5. The van der Waals surface area contributed by atoms with Crippen LogP contribution >= 0.6 is 0 Å². The Bertz CT molecular complexity index is 410. The maximum Gasteiger partial charge on any atom is 0.128 e. The van der Waals surface area contributed by atoms with Gasteiger partial charge < -0.3 is 20.1 Å². The number of ether oxygens (including phenoxy) is 1. The van der Waals surface area contributed by atoms with Crippen molar-refractivity contribution in [3.05, 3.63) is 23.9 Å². The van der Waals surface area contributed by atoms with Crippen LogP contribution in [0.5, 0.6) is 0 Å². The van der Waals surface area contributed by atoms with E-state index in [-0.39, 0.29) is 18.8 Å². The largest absolute Gasteiger partial charge is 0.394 e. The van der Waals surface area contributed by atoms with E-state index in [1.807, 2.05) is 6.20 Å². The van der Waals surface area contributed by atoms with E-state index >= 15 is 0 Å².